The Morgan fingerprint density at radius 2 is 1.97 bits per heavy atom. The fraction of sp³-hybridized carbons (Fsp3) is 0.267. The molecule has 1 saturated heterocycles. The number of nitrogens with one attached hydrogen (secondary N) is 2. The van der Waals surface area contributed by atoms with Gasteiger partial charge in [-0.3, -0.25) is 4.79 Å². The summed E-state index contributed by atoms with van der Waals surface area (Å²) >= 11 is 0. The zero-order chi connectivity index (χ0) is 25.8. The minimum atomic E-state index is 0.0523. The highest BCUT2D eigenvalue weighted by Gasteiger charge is 2.19. The number of aromatic nitrogens is 2. The summed E-state index contributed by atoms with van der Waals surface area (Å²) in [5, 5.41) is 11.6. The van der Waals surface area contributed by atoms with Gasteiger partial charge in [0.05, 0.1) is 18.5 Å². The van der Waals surface area contributed by atoms with Crippen LogP contribution in [0.2, 0.25) is 0 Å². The van der Waals surface area contributed by atoms with E-state index in [2.05, 4.69) is 59.7 Å². The number of hydrogen-bond acceptors (Lipinski definition) is 5. The third-order valence-corrected chi connectivity index (χ3v) is 6.79. The number of carbonyl (C=O) groups is 1. The van der Waals surface area contributed by atoms with Crippen LogP contribution in [-0.2, 0) is 6.42 Å². The fourth-order valence-corrected chi connectivity index (χ4v) is 4.73. The minimum absolute atomic E-state index is 0.0523. The summed E-state index contributed by atoms with van der Waals surface area (Å²) in [6.07, 6.45) is 8.15. The highest BCUT2D eigenvalue weighted by atomic mass is 16.5. The third kappa shape index (κ3) is 5.37. The Balaban J connectivity index is 1.39. The Labute approximate surface area is 218 Å². The van der Waals surface area contributed by atoms with Gasteiger partial charge in [0.2, 0.25) is 0 Å². The van der Waals surface area contributed by atoms with Crippen molar-refractivity contribution < 1.29 is 9.53 Å². The molecule has 1 fully saturated rings. The van der Waals surface area contributed by atoms with E-state index in [4.69, 9.17) is 9.84 Å². The standard InChI is InChI=1S/C30H33N5O2/c1-21-12-13-23(19-29(21)37-3)28-11-6-4-5-10-26-20-27(33-35(26)28)22(2)32-25-9-7-8-24(18-25)30(36)34-16-14-31-15-17-34/h4,6-9,11-13,18-20,31-32H,2,5,10,14-17H2,1,3H3/b6-4-,28-11-. The van der Waals surface area contributed by atoms with Crippen LogP contribution in [0.15, 0.2) is 73.3 Å². The zero-order valence-electron chi connectivity index (χ0n) is 21.5. The van der Waals surface area contributed by atoms with Crippen molar-refractivity contribution >= 4 is 23.0 Å². The number of methoxy groups -OCH3 is 1. The molecule has 0 atom stereocenters. The van der Waals surface area contributed by atoms with Crippen molar-refractivity contribution in [3.8, 4) is 5.75 Å². The number of rotatable bonds is 6. The maximum atomic E-state index is 13.0. The lowest BCUT2D eigenvalue weighted by Crippen LogP contribution is -2.46. The predicted octanol–water partition coefficient (Wildman–Crippen LogP) is 4.72. The van der Waals surface area contributed by atoms with Gasteiger partial charge in [-0.15, -0.1) is 0 Å². The number of allylic oxidation sites excluding steroid dienone is 3. The van der Waals surface area contributed by atoms with Gasteiger partial charge < -0.3 is 20.3 Å². The lowest BCUT2D eigenvalue weighted by molar-refractivity contribution is 0.0736. The number of anilines is 1. The first-order valence-electron chi connectivity index (χ1n) is 12.7. The number of piperazine rings is 1. The van der Waals surface area contributed by atoms with Crippen molar-refractivity contribution in [2.24, 2.45) is 0 Å². The number of amides is 1. The van der Waals surface area contributed by atoms with Gasteiger partial charge in [-0.1, -0.05) is 36.9 Å². The average molecular weight is 496 g/mol. The molecule has 3 heterocycles. The summed E-state index contributed by atoms with van der Waals surface area (Å²) in [7, 11) is 1.69. The largest absolute Gasteiger partial charge is 0.496 e. The molecule has 7 nitrogen and oxygen atoms in total. The summed E-state index contributed by atoms with van der Waals surface area (Å²) < 4.78 is 7.57. The molecule has 5 rings (SSSR count). The Kier molecular flexibility index (Phi) is 7.23. The highest BCUT2D eigenvalue weighted by molar-refractivity contribution is 5.95. The third-order valence-electron chi connectivity index (χ3n) is 6.79. The Bertz CT molecular complexity index is 1380. The second kappa shape index (κ2) is 10.9. The first kappa shape index (κ1) is 24.6. The molecule has 37 heavy (non-hydrogen) atoms. The monoisotopic (exact) mass is 495 g/mol. The van der Waals surface area contributed by atoms with E-state index in [1.54, 1.807) is 7.11 Å². The molecular formula is C30H33N5O2. The lowest BCUT2D eigenvalue weighted by Gasteiger charge is -2.27. The highest BCUT2D eigenvalue weighted by Crippen LogP contribution is 2.29. The molecule has 0 spiro atoms. The molecule has 3 aromatic rings. The van der Waals surface area contributed by atoms with Gasteiger partial charge in [0.15, 0.2) is 0 Å². The van der Waals surface area contributed by atoms with Crippen molar-refractivity contribution in [1.82, 2.24) is 20.0 Å². The molecule has 2 aromatic carbocycles. The van der Waals surface area contributed by atoms with Crippen LogP contribution in [0.25, 0.3) is 11.4 Å². The van der Waals surface area contributed by atoms with E-state index in [0.29, 0.717) is 11.3 Å². The number of hydrogen-bond donors (Lipinski definition) is 2. The van der Waals surface area contributed by atoms with E-state index in [0.717, 1.165) is 78.7 Å². The van der Waals surface area contributed by atoms with Crippen LogP contribution in [0.5, 0.6) is 5.75 Å². The summed E-state index contributed by atoms with van der Waals surface area (Å²) in [6.45, 7) is 9.40. The van der Waals surface area contributed by atoms with Gasteiger partial charge in [0, 0.05) is 48.7 Å². The summed E-state index contributed by atoms with van der Waals surface area (Å²) in [4.78, 5) is 14.8. The molecule has 2 N–H and O–H groups in total. The molecule has 0 saturated carbocycles. The molecule has 0 aliphatic carbocycles. The van der Waals surface area contributed by atoms with Crippen LogP contribution in [-0.4, -0.2) is 53.9 Å². The molecule has 1 amide bonds. The molecular weight excluding hydrogens is 462 g/mol. The van der Waals surface area contributed by atoms with Crippen molar-refractivity contribution in [2.45, 2.75) is 19.8 Å². The number of fused-ring (bicyclic) bond motifs is 1. The molecule has 2 aliphatic heterocycles. The summed E-state index contributed by atoms with van der Waals surface area (Å²) in [6, 6.07) is 15.9. The maximum absolute atomic E-state index is 13.0. The number of carbonyl (C=O) groups excluding carboxylic acids is 1. The Hall–Kier alpha value is -4.10. The van der Waals surface area contributed by atoms with Crippen LogP contribution >= 0.6 is 0 Å². The molecule has 0 unspecified atom stereocenters. The molecule has 7 heteroatoms. The average Bonchev–Trinajstić information content (AvgIpc) is 3.33. The smallest absolute Gasteiger partial charge is 0.254 e. The van der Waals surface area contributed by atoms with Crippen LogP contribution in [0.3, 0.4) is 0 Å². The number of aryl methyl sites for hydroxylation is 2. The molecule has 0 bridgehead atoms. The van der Waals surface area contributed by atoms with Crippen molar-refractivity contribution in [2.75, 3.05) is 38.6 Å². The van der Waals surface area contributed by atoms with Gasteiger partial charge >= 0.3 is 0 Å². The van der Waals surface area contributed by atoms with Gasteiger partial charge in [-0.2, -0.15) is 5.10 Å². The normalized spacial score (nSPS) is 17.6. The first-order valence-corrected chi connectivity index (χ1v) is 12.7. The van der Waals surface area contributed by atoms with Gasteiger partial charge in [-0.25, -0.2) is 4.68 Å². The SMILES string of the molecule is C=C(Nc1cccc(C(=O)N2CCNCC2)c1)c1cc2n(n1)/C(c1ccc(C)c(OC)c1)=C\C=C/CC2. The van der Waals surface area contributed by atoms with E-state index in [-0.39, 0.29) is 5.91 Å². The van der Waals surface area contributed by atoms with Crippen LogP contribution in [0.1, 0.15) is 39.3 Å². The Morgan fingerprint density at radius 3 is 2.78 bits per heavy atom. The van der Waals surface area contributed by atoms with E-state index >= 15 is 0 Å². The topological polar surface area (TPSA) is 71.4 Å². The summed E-state index contributed by atoms with van der Waals surface area (Å²) in [5.74, 6) is 0.899. The van der Waals surface area contributed by atoms with Crippen molar-refractivity contribution in [3.05, 3.63) is 101 Å². The van der Waals surface area contributed by atoms with E-state index in [1.807, 2.05) is 40.8 Å². The molecule has 1 aromatic heterocycles. The molecule has 190 valence electrons. The first-order chi connectivity index (χ1) is 18.0. The Morgan fingerprint density at radius 1 is 1.14 bits per heavy atom. The fourth-order valence-electron chi connectivity index (χ4n) is 4.73. The van der Waals surface area contributed by atoms with Crippen LogP contribution in [0, 0.1) is 6.92 Å². The van der Waals surface area contributed by atoms with Crippen molar-refractivity contribution in [3.63, 3.8) is 0 Å². The van der Waals surface area contributed by atoms with Crippen molar-refractivity contribution in [1.29, 1.82) is 0 Å². The molecule has 0 radical (unpaired) electrons. The second-order valence-electron chi connectivity index (χ2n) is 9.36. The van der Waals surface area contributed by atoms with E-state index < -0.39 is 0 Å². The van der Waals surface area contributed by atoms with Gasteiger partial charge in [0.1, 0.15) is 11.4 Å². The van der Waals surface area contributed by atoms with E-state index in [9.17, 15) is 4.79 Å². The number of nitrogens with zero attached hydrogens (tertiary/aromatic N) is 3. The minimum Gasteiger partial charge on any atom is -0.496 e. The summed E-state index contributed by atoms with van der Waals surface area (Å²) in [5.41, 5.74) is 7.13. The maximum Gasteiger partial charge on any atom is 0.254 e. The number of ether oxygens (including phenoxy) is 1. The lowest BCUT2D eigenvalue weighted by atomic mass is 10.1. The number of benzene rings is 2. The van der Waals surface area contributed by atoms with Crippen LogP contribution < -0.4 is 15.4 Å². The second-order valence-corrected chi connectivity index (χ2v) is 9.36. The molecule has 2 aliphatic rings. The zero-order valence-corrected chi connectivity index (χ0v) is 21.5. The predicted molar refractivity (Wildman–Crippen MR) is 149 cm³/mol. The van der Waals surface area contributed by atoms with Gasteiger partial charge in [-0.05, 0) is 61.7 Å². The van der Waals surface area contributed by atoms with Crippen LogP contribution in [0.4, 0.5) is 5.69 Å². The van der Waals surface area contributed by atoms with E-state index in [1.165, 1.54) is 0 Å². The van der Waals surface area contributed by atoms with Gasteiger partial charge in [0.25, 0.3) is 5.91 Å². The quantitative estimate of drug-likeness (QED) is 0.518.